The van der Waals surface area contributed by atoms with E-state index in [0.717, 1.165) is 0 Å². The van der Waals surface area contributed by atoms with Crippen LogP contribution in [0.5, 0.6) is 0 Å². The van der Waals surface area contributed by atoms with Gasteiger partial charge >= 0.3 is 0 Å². The molecule has 1 heteroatoms. The third kappa shape index (κ3) is 0.716. The summed E-state index contributed by atoms with van der Waals surface area (Å²) >= 11 is 0. The van der Waals surface area contributed by atoms with Crippen molar-refractivity contribution in [3.63, 3.8) is 0 Å². The van der Waals surface area contributed by atoms with Crippen molar-refractivity contribution in [1.29, 1.82) is 0 Å². The quantitative estimate of drug-likeness (QED) is 0.504. The van der Waals surface area contributed by atoms with Gasteiger partial charge in [-0.15, -0.1) is 0 Å². The molecule has 0 aromatic rings. The fourth-order valence-corrected chi connectivity index (χ4v) is 0.926. The minimum Gasteiger partial charge on any atom is -0.328 e. The summed E-state index contributed by atoms with van der Waals surface area (Å²) < 4.78 is 6.75. The van der Waals surface area contributed by atoms with Gasteiger partial charge in [0.1, 0.15) is 1.41 Å². The highest BCUT2D eigenvalue weighted by molar-refractivity contribution is 4.67. The first kappa shape index (κ1) is 3.03. The first-order valence-electron chi connectivity index (χ1n) is 3.11. The van der Waals surface area contributed by atoms with Crippen LogP contribution in [0.15, 0.2) is 0 Å². The average Bonchev–Trinajstić information content (AvgIpc) is 2.14. The third-order valence-electron chi connectivity index (χ3n) is 1.36. The Kier molecular flexibility index (Phi) is 0.810. The predicted molar refractivity (Wildman–Crippen MR) is 26.4 cm³/mol. The summed E-state index contributed by atoms with van der Waals surface area (Å²) in [5.74, 6) is 0. The van der Waals surface area contributed by atoms with Gasteiger partial charge in [-0.3, -0.25) is 0 Å². The standard InChI is InChI=1S/C5H11N/c6-5-3-1-2-4-5/h5H,1-4,6H2/i/hD. The Morgan fingerprint density at radius 3 is 2.50 bits per heavy atom. The molecular weight excluding hydrogens is 74.1 g/mol. The Morgan fingerprint density at radius 1 is 1.50 bits per heavy atom. The molecular formula is C5H11N. The minimum atomic E-state index is 0.514. The Bertz CT molecular complexity index is 50.0. The molecule has 0 amide bonds. The highest BCUT2D eigenvalue weighted by Gasteiger charge is 2.07. The summed E-state index contributed by atoms with van der Waals surface area (Å²) in [7, 11) is 0. The molecule has 0 bridgehead atoms. The van der Waals surface area contributed by atoms with Crippen LogP contribution in [0, 0.1) is 0 Å². The van der Waals surface area contributed by atoms with Crippen molar-refractivity contribution in [3.8, 4) is 0 Å². The second kappa shape index (κ2) is 1.61. The summed E-state index contributed by atoms with van der Waals surface area (Å²) in [5, 5.41) is 0. The summed E-state index contributed by atoms with van der Waals surface area (Å²) in [6.45, 7) is 0. The van der Waals surface area contributed by atoms with Crippen molar-refractivity contribution in [1.82, 2.24) is 0 Å². The van der Waals surface area contributed by atoms with Gasteiger partial charge in [0.25, 0.3) is 0 Å². The summed E-state index contributed by atoms with van der Waals surface area (Å²) in [4.78, 5) is 0. The zero-order chi connectivity index (χ0) is 5.11. The van der Waals surface area contributed by atoms with Crippen LogP contribution in [0.2, 0.25) is 1.41 Å². The van der Waals surface area contributed by atoms with Crippen LogP contribution < -0.4 is 5.73 Å². The van der Waals surface area contributed by atoms with Gasteiger partial charge in [0, 0.05) is 6.04 Å². The SMILES string of the molecule is [2H]NC1CCCC1. The highest BCUT2D eigenvalue weighted by Crippen LogP contribution is 2.14. The van der Waals surface area contributed by atoms with E-state index in [2.05, 4.69) is 5.73 Å². The predicted octanol–water partition coefficient (Wildman–Crippen LogP) is 0.888. The molecule has 1 aliphatic carbocycles. The van der Waals surface area contributed by atoms with Gasteiger partial charge in [0.2, 0.25) is 0 Å². The maximum Gasteiger partial charge on any atom is 0.119 e. The third-order valence-corrected chi connectivity index (χ3v) is 1.36. The second-order valence-electron chi connectivity index (χ2n) is 1.98. The lowest BCUT2D eigenvalue weighted by Crippen LogP contribution is -2.13. The van der Waals surface area contributed by atoms with Crippen LogP contribution >= 0.6 is 0 Å². The molecule has 0 radical (unpaired) electrons. The molecule has 0 aromatic carbocycles. The first-order chi connectivity index (χ1) is 3.43. The number of hydrogen-bond donors (Lipinski definition) is 1. The smallest absolute Gasteiger partial charge is 0.119 e. The molecule has 2 N–H and O–H groups in total. The molecule has 0 spiro atoms. The maximum atomic E-state index is 6.75. The molecule has 36 valence electrons. The molecule has 0 unspecified atom stereocenters. The molecule has 0 atom stereocenters. The second-order valence-corrected chi connectivity index (χ2v) is 1.98. The summed E-state index contributed by atoms with van der Waals surface area (Å²) in [6.07, 6.45) is 5.06. The van der Waals surface area contributed by atoms with Gasteiger partial charge in [-0.25, -0.2) is 0 Å². The largest absolute Gasteiger partial charge is 0.328 e. The van der Waals surface area contributed by atoms with E-state index in [-0.39, 0.29) is 0 Å². The monoisotopic (exact) mass is 86.1 g/mol. The maximum absolute atomic E-state index is 6.75. The lowest BCUT2D eigenvalue weighted by Gasteiger charge is -1.92. The van der Waals surface area contributed by atoms with Crippen LogP contribution in [0.4, 0.5) is 0 Å². The summed E-state index contributed by atoms with van der Waals surface area (Å²) in [6, 6.07) is 0.514. The minimum absolute atomic E-state index is 0.514. The van der Waals surface area contributed by atoms with Crippen molar-refractivity contribution in [2.24, 2.45) is 5.73 Å². The van der Waals surface area contributed by atoms with Crippen molar-refractivity contribution >= 4 is 0 Å². The van der Waals surface area contributed by atoms with Crippen LogP contribution in [0.25, 0.3) is 0 Å². The molecule has 0 aromatic heterocycles. The van der Waals surface area contributed by atoms with E-state index in [4.69, 9.17) is 1.41 Å². The Balaban J connectivity index is 2.14. The van der Waals surface area contributed by atoms with Crippen molar-refractivity contribution in [2.75, 3.05) is 0 Å². The number of nitrogens with two attached hydrogens (primary N) is 1. The Morgan fingerprint density at radius 2 is 2.17 bits per heavy atom. The molecule has 1 rings (SSSR count). The van der Waals surface area contributed by atoms with Gasteiger partial charge in [-0.1, -0.05) is 12.8 Å². The molecule has 0 aliphatic heterocycles. The zero-order valence-corrected chi connectivity index (χ0v) is 3.91. The van der Waals surface area contributed by atoms with Gasteiger partial charge in [-0.2, -0.15) is 0 Å². The normalized spacial score (nSPS) is 27.7. The van der Waals surface area contributed by atoms with Crippen molar-refractivity contribution in [2.45, 2.75) is 31.7 Å². The van der Waals surface area contributed by atoms with Crippen LogP contribution in [-0.4, -0.2) is 6.04 Å². The average molecular weight is 86.2 g/mol. The topological polar surface area (TPSA) is 26.0 Å². The Hall–Kier alpha value is -0.0400. The van der Waals surface area contributed by atoms with E-state index in [1.54, 1.807) is 0 Å². The van der Waals surface area contributed by atoms with Crippen LogP contribution in [-0.2, 0) is 0 Å². The highest BCUT2D eigenvalue weighted by atomic mass is 14.6. The molecule has 6 heavy (non-hydrogen) atoms. The van der Waals surface area contributed by atoms with E-state index in [1.165, 1.54) is 25.7 Å². The first-order valence-corrected chi connectivity index (χ1v) is 2.61. The lowest BCUT2D eigenvalue weighted by atomic mass is 10.3. The zero-order valence-electron chi connectivity index (χ0n) is 4.91. The summed E-state index contributed by atoms with van der Waals surface area (Å²) in [5.41, 5.74) is 2.51. The molecule has 1 saturated carbocycles. The van der Waals surface area contributed by atoms with Crippen molar-refractivity contribution in [3.05, 3.63) is 0 Å². The van der Waals surface area contributed by atoms with Gasteiger partial charge in [0.15, 0.2) is 0 Å². The number of hydrogen-bond acceptors (Lipinski definition) is 1. The molecule has 1 nitrogen and oxygen atoms in total. The molecule has 0 saturated heterocycles. The molecule has 1 fully saturated rings. The van der Waals surface area contributed by atoms with E-state index in [0.29, 0.717) is 6.04 Å². The van der Waals surface area contributed by atoms with E-state index in [9.17, 15) is 0 Å². The molecule has 0 heterocycles. The van der Waals surface area contributed by atoms with Crippen LogP contribution in [0.3, 0.4) is 0 Å². The van der Waals surface area contributed by atoms with Gasteiger partial charge in [-0.05, 0) is 12.8 Å². The fourth-order valence-electron chi connectivity index (χ4n) is 0.926. The van der Waals surface area contributed by atoms with Gasteiger partial charge < -0.3 is 5.73 Å². The van der Waals surface area contributed by atoms with E-state index >= 15 is 0 Å². The lowest BCUT2D eigenvalue weighted by molar-refractivity contribution is 0.704. The van der Waals surface area contributed by atoms with E-state index in [1.807, 2.05) is 0 Å². The van der Waals surface area contributed by atoms with Gasteiger partial charge in [0.05, 0.1) is 0 Å². The fraction of sp³-hybridized carbons (Fsp3) is 1.00. The number of rotatable bonds is 1. The molecule has 1 aliphatic rings. The Labute approximate surface area is 40.0 Å². The van der Waals surface area contributed by atoms with Crippen LogP contribution in [0.1, 0.15) is 25.7 Å². The van der Waals surface area contributed by atoms with Crippen molar-refractivity contribution < 1.29 is 1.41 Å². The van der Waals surface area contributed by atoms with E-state index < -0.39 is 0 Å².